The van der Waals surface area contributed by atoms with Crippen LogP contribution in [0.15, 0.2) is 35.3 Å². The van der Waals surface area contributed by atoms with Gasteiger partial charge in [-0.25, -0.2) is 0 Å². The molecule has 0 N–H and O–H groups in total. The van der Waals surface area contributed by atoms with Gasteiger partial charge in [-0.2, -0.15) is 0 Å². The largest absolute Gasteiger partial charge is 0.288 e. The van der Waals surface area contributed by atoms with Crippen molar-refractivity contribution < 1.29 is 4.79 Å². The molecule has 0 amide bonds. The van der Waals surface area contributed by atoms with Crippen molar-refractivity contribution in [3.05, 3.63) is 41.5 Å². The summed E-state index contributed by atoms with van der Waals surface area (Å²) >= 11 is 0. The number of aliphatic imine (C=N–C) groups is 1. The van der Waals surface area contributed by atoms with Crippen LogP contribution < -0.4 is 0 Å². The lowest BCUT2D eigenvalue weighted by atomic mass is 9.95. The van der Waals surface area contributed by atoms with Crippen LogP contribution in [0.3, 0.4) is 0 Å². The van der Waals surface area contributed by atoms with Gasteiger partial charge in [-0.1, -0.05) is 30.3 Å². The van der Waals surface area contributed by atoms with E-state index in [0.717, 1.165) is 11.1 Å². The van der Waals surface area contributed by atoms with Gasteiger partial charge in [0.25, 0.3) is 0 Å². The number of ketones is 1. The van der Waals surface area contributed by atoms with Gasteiger partial charge in [0, 0.05) is 12.6 Å². The third-order valence-corrected chi connectivity index (χ3v) is 2.09. The Balaban J connectivity index is 2.67. The van der Waals surface area contributed by atoms with Gasteiger partial charge in [-0.3, -0.25) is 9.79 Å². The topological polar surface area (TPSA) is 29.4 Å². The summed E-state index contributed by atoms with van der Waals surface area (Å²) in [5.74, 6) is -0.0128. The molecule has 0 aromatic heterocycles. The Morgan fingerprint density at radius 3 is 2.69 bits per heavy atom. The lowest BCUT2D eigenvalue weighted by Gasteiger charge is -2.10. The first kappa shape index (κ1) is 7.92. The van der Waals surface area contributed by atoms with E-state index in [-0.39, 0.29) is 5.78 Å². The van der Waals surface area contributed by atoms with Gasteiger partial charge >= 0.3 is 0 Å². The minimum atomic E-state index is -0.0128. The highest BCUT2D eigenvalue weighted by atomic mass is 16.1. The second kappa shape index (κ2) is 2.98. The average molecular weight is 171 g/mol. The summed E-state index contributed by atoms with van der Waals surface area (Å²) in [5, 5.41) is 0. The molecule has 1 aromatic rings. The number of fused-ring (bicyclic) bond motifs is 1. The smallest absolute Gasteiger partial charge is 0.204 e. The van der Waals surface area contributed by atoms with Crippen LogP contribution in [-0.4, -0.2) is 18.5 Å². The van der Waals surface area contributed by atoms with Crippen molar-refractivity contribution >= 4 is 17.6 Å². The monoisotopic (exact) mass is 171 g/mol. The van der Waals surface area contributed by atoms with Crippen molar-refractivity contribution in [1.29, 1.82) is 0 Å². The summed E-state index contributed by atoms with van der Waals surface area (Å²) in [6.45, 7) is 0. The first-order valence-corrected chi connectivity index (χ1v) is 4.11. The van der Waals surface area contributed by atoms with Gasteiger partial charge < -0.3 is 0 Å². The van der Waals surface area contributed by atoms with E-state index < -0.39 is 0 Å². The SMILES string of the molecule is CN=C1C(=O)C=Cc2ccccc21. The molecule has 0 atom stereocenters. The maximum absolute atomic E-state index is 11.4. The Hall–Kier alpha value is -1.70. The summed E-state index contributed by atoms with van der Waals surface area (Å²) in [6.07, 6.45) is 3.39. The third-order valence-electron chi connectivity index (χ3n) is 2.09. The Bertz CT molecular complexity index is 416. The number of rotatable bonds is 0. The van der Waals surface area contributed by atoms with Crippen molar-refractivity contribution in [1.82, 2.24) is 0 Å². The van der Waals surface area contributed by atoms with Crippen LogP contribution in [0.25, 0.3) is 6.08 Å². The number of carbonyl (C=O) groups excluding carboxylic acids is 1. The van der Waals surface area contributed by atoms with Crippen LogP contribution in [0.1, 0.15) is 11.1 Å². The van der Waals surface area contributed by atoms with Crippen LogP contribution >= 0.6 is 0 Å². The minimum absolute atomic E-state index is 0.0128. The van der Waals surface area contributed by atoms with Crippen LogP contribution in [0, 0.1) is 0 Å². The Labute approximate surface area is 76.6 Å². The zero-order chi connectivity index (χ0) is 9.26. The van der Waals surface area contributed by atoms with E-state index >= 15 is 0 Å². The van der Waals surface area contributed by atoms with Gasteiger partial charge in [0.15, 0.2) is 0 Å². The number of carbonyl (C=O) groups is 1. The molecule has 2 nitrogen and oxygen atoms in total. The fourth-order valence-electron chi connectivity index (χ4n) is 1.47. The minimum Gasteiger partial charge on any atom is -0.288 e. The molecule has 64 valence electrons. The van der Waals surface area contributed by atoms with Crippen molar-refractivity contribution in [3.63, 3.8) is 0 Å². The molecule has 0 radical (unpaired) electrons. The predicted octanol–water partition coefficient (Wildman–Crippen LogP) is 1.70. The molecule has 0 spiro atoms. The lowest BCUT2D eigenvalue weighted by Crippen LogP contribution is -2.17. The molecule has 2 heteroatoms. The van der Waals surface area contributed by atoms with Gasteiger partial charge in [0.2, 0.25) is 5.78 Å². The van der Waals surface area contributed by atoms with Gasteiger partial charge in [0.1, 0.15) is 5.71 Å². The molecule has 0 aliphatic heterocycles. The van der Waals surface area contributed by atoms with E-state index in [9.17, 15) is 4.79 Å². The summed E-state index contributed by atoms with van der Waals surface area (Å²) in [6, 6.07) is 7.76. The van der Waals surface area contributed by atoms with E-state index in [0.29, 0.717) is 5.71 Å². The number of nitrogens with zero attached hydrogens (tertiary/aromatic N) is 1. The molecule has 13 heavy (non-hydrogen) atoms. The van der Waals surface area contributed by atoms with E-state index in [1.807, 2.05) is 30.3 Å². The number of hydrogen-bond acceptors (Lipinski definition) is 2. The van der Waals surface area contributed by atoms with E-state index in [1.165, 1.54) is 0 Å². The Morgan fingerprint density at radius 1 is 1.15 bits per heavy atom. The van der Waals surface area contributed by atoms with Gasteiger partial charge in [-0.15, -0.1) is 0 Å². The van der Waals surface area contributed by atoms with Crippen molar-refractivity contribution in [2.45, 2.75) is 0 Å². The Morgan fingerprint density at radius 2 is 1.92 bits per heavy atom. The molecule has 0 fully saturated rings. The molecule has 0 bridgehead atoms. The fourth-order valence-corrected chi connectivity index (χ4v) is 1.47. The van der Waals surface area contributed by atoms with Crippen molar-refractivity contribution in [2.75, 3.05) is 7.05 Å². The van der Waals surface area contributed by atoms with Gasteiger partial charge in [0.05, 0.1) is 0 Å². The quantitative estimate of drug-likeness (QED) is 0.584. The van der Waals surface area contributed by atoms with Crippen molar-refractivity contribution in [2.24, 2.45) is 4.99 Å². The molecule has 0 saturated heterocycles. The number of hydrogen-bond donors (Lipinski definition) is 0. The van der Waals surface area contributed by atoms with Gasteiger partial charge in [-0.05, 0) is 11.6 Å². The highest BCUT2D eigenvalue weighted by Crippen LogP contribution is 2.17. The van der Waals surface area contributed by atoms with E-state index in [1.54, 1.807) is 13.1 Å². The first-order chi connectivity index (χ1) is 6.33. The maximum Gasteiger partial charge on any atom is 0.204 e. The standard InChI is InChI=1S/C11H9NO/c1-12-11-9-5-3-2-4-8(9)6-7-10(11)13/h2-7H,1H3. The molecular formula is C11H9NO. The zero-order valence-corrected chi connectivity index (χ0v) is 7.32. The third kappa shape index (κ3) is 1.20. The molecule has 0 unspecified atom stereocenters. The summed E-state index contributed by atoms with van der Waals surface area (Å²) in [4.78, 5) is 15.4. The zero-order valence-electron chi connectivity index (χ0n) is 7.32. The molecular weight excluding hydrogens is 162 g/mol. The summed E-state index contributed by atoms with van der Waals surface area (Å²) in [7, 11) is 1.64. The van der Waals surface area contributed by atoms with E-state index in [4.69, 9.17) is 0 Å². The molecule has 1 aliphatic rings. The van der Waals surface area contributed by atoms with Crippen LogP contribution in [0.5, 0.6) is 0 Å². The van der Waals surface area contributed by atoms with Crippen LogP contribution in [-0.2, 0) is 4.79 Å². The second-order valence-corrected chi connectivity index (χ2v) is 2.86. The summed E-state index contributed by atoms with van der Waals surface area (Å²) < 4.78 is 0. The van der Waals surface area contributed by atoms with Crippen molar-refractivity contribution in [3.8, 4) is 0 Å². The highest BCUT2D eigenvalue weighted by molar-refractivity contribution is 6.52. The van der Waals surface area contributed by atoms with Crippen LogP contribution in [0.2, 0.25) is 0 Å². The lowest BCUT2D eigenvalue weighted by molar-refractivity contribution is -0.108. The molecule has 0 heterocycles. The Kier molecular flexibility index (Phi) is 1.81. The molecule has 2 rings (SSSR count). The molecule has 0 saturated carbocycles. The second-order valence-electron chi connectivity index (χ2n) is 2.86. The summed E-state index contributed by atoms with van der Waals surface area (Å²) in [5.41, 5.74) is 2.54. The first-order valence-electron chi connectivity index (χ1n) is 4.11. The number of benzene rings is 1. The predicted molar refractivity (Wildman–Crippen MR) is 52.9 cm³/mol. The number of allylic oxidation sites excluding steroid dienone is 1. The van der Waals surface area contributed by atoms with E-state index in [2.05, 4.69) is 4.99 Å². The normalized spacial score (nSPS) is 17.6. The fraction of sp³-hybridized carbons (Fsp3) is 0.0909. The molecule has 1 aliphatic carbocycles. The average Bonchev–Trinajstić information content (AvgIpc) is 2.18. The molecule has 1 aromatic carbocycles. The van der Waals surface area contributed by atoms with Crippen LogP contribution in [0.4, 0.5) is 0 Å². The highest BCUT2D eigenvalue weighted by Gasteiger charge is 2.16. The maximum atomic E-state index is 11.4.